The summed E-state index contributed by atoms with van der Waals surface area (Å²) in [6.45, 7) is 5.00. The molecule has 0 bridgehead atoms. The second-order valence-corrected chi connectivity index (χ2v) is 5.16. The summed E-state index contributed by atoms with van der Waals surface area (Å²) in [5.41, 5.74) is 7.58. The summed E-state index contributed by atoms with van der Waals surface area (Å²) >= 11 is 1.79. The fourth-order valence-electron chi connectivity index (χ4n) is 1.63. The maximum Gasteiger partial charge on any atom is 0.0967 e. The van der Waals surface area contributed by atoms with Crippen LogP contribution in [0.3, 0.4) is 0 Å². The molecule has 1 aromatic heterocycles. The molecule has 2 heterocycles. The normalized spacial score (nSPS) is 25.7. The molecule has 1 aromatic rings. The van der Waals surface area contributed by atoms with Gasteiger partial charge in [-0.25, -0.2) is 4.98 Å². The summed E-state index contributed by atoms with van der Waals surface area (Å²) in [4.78, 5) is 4.32. The molecule has 0 spiro atoms. The molecule has 1 saturated heterocycles. The molecule has 15 heavy (non-hydrogen) atoms. The minimum atomic E-state index is 0.328. The first kappa shape index (κ1) is 10.8. The average Bonchev–Trinajstić information content (AvgIpc) is 2.59. The number of nitrogens with two attached hydrogens (primary N) is 1. The lowest BCUT2D eigenvalue weighted by Crippen LogP contribution is -2.13. The Kier molecular flexibility index (Phi) is 3.17. The summed E-state index contributed by atoms with van der Waals surface area (Å²) in [6.07, 6.45) is 3.17. The number of anilines is 1. The van der Waals surface area contributed by atoms with Gasteiger partial charge in [-0.05, 0) is 31.9 Å². The Balaban J connectivity index is 2.07. The maximum atomic E-state index is 5.73. The Labute approximate surface area is 94.4 Å². The molecular weight excluding hydrogens is 208 g/mol. The Hall–Kier alpha value is -0.740. The van der Waals surface area contributed by atoms with Gasteiger partial charge < -0.3 is 10.5 Å². The molecular formula is C11H16N2OS. The average molecular weight is 224 g/mol. The largest absolute Gasteiger partial charge is 0.397 e. The maximum absolute atomic E-state index is 5.73. The van der Waals surface area contributed by atoms with Crippen LogP contribution in [0.4, 0.5) is 5.69 Å². The highest BCUT2D eigenvalue weighted by Crippen LogP contribution is 2.32. The third kappa shape index (κ3) is 2.44. The van der Waals surface area contributed by atoms with Gasteiger partial charge in [0.1, 0.15) is 0 Å². The number of thioether (sulfide) groups is 1. The highest BCUT2D eigenvalue weighted by Gasteiger charge is 2.25. The molecule has 2 unspecified atom stereocenters. The summed E-state index contributed by atoms with van der Waals surface area (Å²) < 4.78 is 5.52. The Bertz CT molecular complexity index is 356. The highest BCUT2D eigenvalue weighted by molar-refractivity contribution is 7.99. The molecule has 2 N–H and O–H groups in total. The molecule has 1 aliphatic heterocycles. The molecule has 0 radical (unpaired) electrons. The fourth-order valence-corrected chi connectivity index (χ4v) is 2.78. The predicted molar refractivity (Wildman–Crippen MR) is 63.1 cm³/mol. The van der Waals surface area contributed by atoms with Gasteiger partial charge in [-0.1, -0.05) is 0 Å². The number of ether oxygens (including phenoxy) is 1. The van der Waals surface area contributed by atoms with Gasteiger partial charge in [-0.2, -0.15) is 0 Å². The first-order chi connectivity index (χ1) is 7.16. The molecule has 1 aliphatic rings. The van der Waals surface area contributed by atoms with Gasteiger partial charge in [-0.3, -0.25) is 0 Å². The van der Waals surface area contributed by atoms with E-state index in [-0.39, 0.29) is 0 Å². The highest BCUT2D eigenvalue weighted by atomic mass is 32.2. The van der Waals surface area contributed by atoms with E-state index in [2.05, 4.69) is 11.9 Å². The number of hydrogen-bond acceptors (Lipinski definition) is 4. The first-order valence-corrected chi connectivity index (χ1v) is 6.05. The van der Waals surface area contributed by atoms with Crippen LogP contribution in [-0.2, 0) is 4.74 Å². The zero-order valence-corrected chi connectivity index (χ0v) is 9.88. The van der Waals surface area contributed by atoms with Crippen LogP contribution in [0.15, 0.2) is 17.3 Å². The number of hydrogen-bond donors (Lipinski definition) is 1. The number of nitrogen functional groups attached to an aromatic ring is 1. The number of rotatable bonds is 2. The molecule has 0 aromatic carbocycles. The lowest BCUT2D eigenvalue weighted by molar-refractivity contribution is 0.127. The third-order valence-electron chi connectivity index (χ3n) is 2.70. The van der Waals surface area contributed by atoms with E-state index in [1.807, 2.05) is 13.0 Å². The van der Waals surface area contributed by atoms with Gasteiger partial charge in [0.05, 0.1) is 23.0 Å². The Morgan fingerprint density at radius 2 is 2.40 bits per heavy atom. The summed E-state index contributed by atoms with van der Waals surface area (Å²) in [6, 6.07) is 2.05. The minimum absolute atomic E-state index is 0.328. The molecule has 2 atom stereocenters. The molecule has 3 nitrogen and oxygen atoms in total. The molecule has 4 heteroatoms. The lowest BCUT2D eigenvalue weighted by atomic mass is 10.2. The van der Waals surface area contributed by atoms with Crippen molar-refractivity contribution in [3.63, 3.8) is 0 Å². The standard InChI is InChI=1S/C11H16N2OS/c1-7-5-11(13-6-9(7)12)15-10-3-4-14-8(10)2/h5-6,8,10H,3-4,12H2,1-2H3. The van der Waals surface area contributed by atoms with Crippen LogP contribution in [0.5, 0.6) is 0 Å². The van der Waals surface area contributed by atoms with Gasteiger partial charge in [0.15, 0.2) is 0 Å². The van der Waals surface area contributed by atoms with Crippen molar-refractivity contribution in [1.82, 2.24) is 4.98 Å². The number of pyridine rings is 1. The Morgan fingerprint density at radius 1 is 1.60 bits per heavy atom. The molecule has 1 fully saturated rings. The van der Waals surface area contributed by atoms with E-state index in [1.54, 1.807) is 18.0 Å². The van der Waals surface area contributed by atoms with Crippen molar-refractivity contribution >= 4 is 17.4 Å². The van der Waals surface area contributed by atoms with Crippen LogP contribution in [0.25, 0.3) is 0 Å². The third-order valence-corrected chi connectivity index (χ3v) is 4.09. The topological polar surface area (TPSA) is 48.1 Å². The van der Waals surface area contributed by atoms with Crippen LogP contribution in [0.1, 0.15) is 18.9 Å². The van der Waals surface area contributed by atoms with E-state index in [0.29, 0.717) is 11.4 Å². The number of nitrogens with zero attached hydrogens (tertiary/aromatic N) is 1. The van der Waals surface area contributed by atoms with Crippen molar-refractivity contribution < 1.29 is 4.74 Å². The monoisotopic (exact) mass is 224 g/mol. The number of aryl methyl sites for hydroxylation is 1. The van der Waals surface area contributed by atoms with Crippen molar-refractivity contribution in [2.24, 2.45) is 0 Å². The molecule has 2 rings (SSSR count). The van der Waals surface area contributed by atoms with E-state index in [0.717, 1.165) is 29.3 Å². The van der Waals surface area contributed by atoms with E-state index in [4.69, 9.17) is 10.5 Å². The SMILES string of the molecule is Cc1cc(SC2CCOC2C)ncc1N. The summed E-state index contributed by atoms with van der Waals surface area (Å²) in [5.74, 6) is 0. The van der Waals surface area contributed by atoms with E-state index in [9.17, 15) is 0 Å². The Morgan fingerprint density at radius 3 is 3.00 bits per heavy atom. The second kappa shape index (κ2) is 4.41. The zero-order chi connectivity index (χ0) is 10.8. The second-order valence-electron chi connectivity index (χ2n) is 3.90. The van der Waals surface area contributed by atoms with Crippen LogP contribution in [0.2, 0.25) is 0 Å². The zero-order valence-electron chi connectivity index (χ0n) is 9.06. The van der Waals surface area contributed by atoms with E-state index >= 15 is 0 Å². The van der Waals surface area contributed by atoms with E-state index in [1.165, 1.54) is 0 Å². The smallest absolute Gasteiger partial charge is 0.0967 e. The molecule has 0 amide bonds. The summed E-state index contributed by atoms with van der Waals surface area (Å²) in [5, 5.41) is 1.57. The van der Waals surface area contributed by atoms with Gasteiger partial charge in [0, 0.05) is 11.9 Å². The van der Waals surface area contributed by atoms with Crippen molar-refractivity contribution in [1.29, 1.82) is 0 Å². The van der Waals surface area contributed by atoms with Crippen LogP contribution in [0, 0.1) is 6.92 Å². The molecule has 0 aliphatic carbocycles. The predicted octanol–water partition coefficient (Wildman–Crippen LogP) is 2.24. The fraction of sp³-hybridized carbons (Fsp3) is 0.545. The van der Waals surface area contributed by atoms with Crippen molar-refractivity contribution in [3.05, 3.63) is 17.8 Å². The van der Waals surface area contributed by atoms with Crippen molar-refractivity contribution in [3.8, 4) is 0 Å². The molecule has 82 valence electrons. The lowest BCUT2D eigenvalue weighted by Gasteiger charge is -2.13. The molecule has 0 saturated carbocycles. The van der Waals surface area contributed by atoms with Crippen LogP contribution >= 0.6 is 11.8 Å². The quantitative estimate of drug-likeness (QED) is 0.837. The number of aromatic nitrogens is 1. The van der Waals surface area contributed by atoms with E-state index < -0.39 is 0 Å². The summed E-state index contributed by atoms with van der Waals surface area (Å²) in [7, 11) is 0. The first-order valence-electron chi connectivity index (χ1n) is 5.17. The van der Waals surface area contributed by atoms with Gasteiger partial charge in [-0.15, -0.1) is 11.8 Å². The van der Waals surface area contributed by atoms with Gasteiger partial charge in [0.2, 0.25) is 0 Å². The van der Waals surface area contributed by atoms with Gasteiger partial charge in [0.25, 0.3) is 0 Å². The van der Waals surface area contributed by atoms with Crippen LogP contribution in [-0.4, -0.2) is 22.9 Å². The minimum Gasteiger partial charge on any atom is -0.397 e. The van der Waals surface area contributed by atoms with Crippen molar-refractivity contribution in [2.75, 3.05) is 12.3 Å². The van der Waals surface area contributed by atoms with Crippen molar-refractivity contribution in [2.45, 2.75) is 36.6 Å². The van der Waals surface area contributed by atoms with Crippen LogP contribution < -0.4 is 5.73 Å². The van der Waals surface area contributed by atoms with Gasteiger partial charge >= 0.3 is 0 Å².